The molecular weight excluding hydrogens is 347 g/mol. The lowest BCUT2D eigenvalue weighted by molar-refractivity contribution is -0.128. The molecule has 0 radical (unpaired) electrons. The number of hydrogen-bond acceptors (Lipinski definition) is 4. The van der Waals surface area contributed by atoms with Crippen molar-refractivity contribution >= 4 is 41.0 Å². The van der Waals surface area contributed by atoms with Gasteiger partial charge in [0.2, 0.25) is 5.91 Å². The van der Waals surface area contributed by atoms with Gasteiger partial charge in [-0.25, -0.2) is 4.79 Å². The smallest absolute Gasteiger partial charge is 0.312 e. The number of rotatable bonds is 7. The minimum absolute atomic E-state index is 0.134. The molecular formula is C13H16Cl2N4O4. The molecule has 0 spiro atoms. The van der Waals surface area contributed by atoms with Gasteiger partial charge >= 0.3 is 6.03 Å². The van der Waals surface area contributed by atoms with Crippen LogP contribution >= 0.6 is 23.2 Å². The van der Waals surface area contributed by atoms with E-state index in [-0.39, 0.29) is 19.6 Å². The van der Waals surface area contributed by atoms with Gasteiger partial charge < -0.3 is 15.8 Å². The third-order valence-corrected chi connectivity index (χ3v) is 2.99. The zero-order valence-corrected chi connectivity index (χ0v) is 13.5. The zero-order chi connectivity index (χ0) is 17.2. The fourth-order valence-electron chi connectivity index (χ4n) is 1.42. The first-order valence-corrected chi connectivity index (χ1v) is 7.33. The van der Waals surface area contributed by atoms with Gasteiger partial charge in [0.1, 0.15) is 12.3 Å². The van der Waals surface area contributed by atoms with Crippen LogP contribution in [0.3, 0.4) is 0 Å². The monoisotopic (exact) mass is 362 g/mol. The third-order valence-electron chi connectivity index (χ3n) is 2.46. The van der Waals surface area contributed by atoms with Crippen LogP contribution in [-0.4, -0.2) is 31.0 Å². The number of halogens is 2. The highest BCUT2D eigenvalue weighted by Crippen LogP contribution is 2.27. The predicted octanol–water partition coefficient (Wildman–Crippen LogP) is 0.968. The lowest BCUT2D eigenvalue weighted by Gasteiger charge is -2.09. The van der Waals surface area contributed by atoms with E-state index in [0.29, 0.717) is 22.2 Å². The van der Waals surface area contributed by atoms with E-state index in [0.717, 1.165) is 0 Å². The molecule has 0 atom stereocenters. The number of carbonyl (C=O) groups excluding carboxylic acids is 3. The molecule has 5 N–H and O–H groups in total. The Labute approximate surface area is 142 Å². The first-order chi connectivity index (χ1) is 10.9. The summed E-state index contributed by atoms with van der Waals surface area (Å²) >= 11 is 11.7. The van der Waals surface area contributed by atoms with Crippen LogP contribution in [0, 0.1) is 0 Å². The van der Waals surface area contributed by atoms with Crippen LogP contribution in [0.5, 0.6) is 5.75 Å². The predicted molar refractivity (Wildman–Crippen MR) is 85.1 cm³/mol. The molecule has 0 fully saturated rings. The molecule has 0 heterocycles. The Morgan fingerprint density at radius 2 is 1.83 bits per heavy atom. The van der Waals surface area contributed by atoms with Gasteiger partial charge in [-0.15, -0.1) is 0 Å². The molecule has 1 aromatic rings. The molecule has 0 bridgehead atoms. The standard InChI is InChI=1S/C13H16Cl2N4O4/c14-8-3-4-10(9(15)6-8)23-5-1-2-11(20)18-19-12(21)7-17-13(16)22/h3-4,6H,1-2,5,7H2,(H,18,20)(H,19,21)(H3,16,17,22). The van der Waals surface area contributed by atoms with E-state index in [1.165, 1.54) is 0 Å². The molecule has 23 heavy (non-hydrogen) atoms. The average Bonchev–Trinajstić information content (AvgIpc) is 2.49. The summed E-state index contributed by atoms with van der Waals surface area (Å²) in [6.45, 7) is -0.0558. The van der Waals surface area contributed by atoms with Crippen molar-refractivity contribution in [3.63, 3.8) is 0 Å². The summed E-state index contributed by atoms with van der Waals surface area (Å²) in [5, 5.41) is 2.97. The van der Waals surface area contributed by atoms with E-state index in [9.17, 15) is 14.4 Å². The van der Waals surface area contributed by atoms with Crippen LogP contribution in [0.4, 0.5) is 4.79 Å². The first-order valence-electron chi connectivity index (χ1n) is 6.57. The maximum atomic E-state index is 11.5. The van der Waals surface area contributed by atoms with Crippen molar-refractivity contribution < 1.29 is 19.1 Å². The number of urea groups is 1. The normalized spacial score (nSPS) is 9.83. The van der Waals surface area contributed by atoms with Crippen LogP contribution in [0.15, 0.2) is 18.2 Å². The summed E-state index contributed by atoms with van der Waals surface area (Å²) < 4.78 is 5.41. The number of hydrogen-bond donors (Lipinski definition) is 4. The molecule has 1 aromatic carbocycles. The highest BCUT2D eigenvalue weighted by Gasteiger charge is 2.06. The molecule has 0 aliphatic rings. The largest absolute Gasteiger partial charge is 0.492 e. The summed E-state index contributed by atoms with van der Waals surface area (Å²) in [6, 6.07) is 4.01. The van der Waals surface area contributed by atoms with Gasteiger partial charge in [-0.2, -0.15) is 0 Å². The first kappa shape index (κ1) is 18.9. The molecule has 0 unspecified atom stereocenters. The summed E-state index contributed by atoms with van der Waals surface area (Å²) in [4.78, 5) is 33.0. The molecule has 0 aromatic heterocycles. The Bertz CT molecular complexity index is 583. The van der Waals surface area contributed by atoms with E-state index in [2.05, 4.69) is 16.2 Å². The fraction of sp³-hybridized carbons (Fsp3) is 0.308. The van der Waals surface area contributed by atoms with Crippen LogP contribution in [0.1, 0.15) is 12.8 Å². The second-order valence-electron chi connectivity index (χ2n) is 4.34. The van der Waals surface area contributed by atoms with Gasteiger partial charge in [-0.3, -0.25) is 20.4 Å². The molecule has 126 valence electrons. The van der Waals surface area contributed by atoms with Crippen molar-refractivity contribution in [2.45, 2.75) is 12.8 Å². The molecule has 4 amide bonds. The van der Waals surface area contributed by atoms with E-state index in [4.69, 9.17) is 33.7 Å². The Morgan fingerprint density at radius 3 is 2.48 bits per heavy atom. The average molecular weight is 363 g/mol. The van der Waals surface area contributed by atoms with Crippen LogP contribution < -0.4 is 26.6 Å². The van der Waals surface area contributed by atoms with Crippen molar-refractivity contribution in [1.29, 1.82) is 0 Å². The Morgan fingerprint density at radius 1 is 1.13 bits per heavy atom. The van der Waals surface area contributed by atoms with Crippen molar-refractivity contribution in [1.82, 2.24) is 16.2 Å². The quantitative estimate of drug-likeness (QED) is 0.426. The summed E-state index contributed by atoms with van der Waals surface area (Å²) in [5.41, 5.74) is 9.12. The SMILES string of the molecule is NC(=O)NCC(=O)NNC(=O)CCCOc1ccc(Cl)cc1Cl. The number of ether oxygens (including phenoxy) is 1. The maximum absolute atomic E-state index is 11.5. The Kier molecular flexibility index (Phi) is 8.00. The van der Waals surface area contributed by atoms with Gasteiger partial charge in [-0.05, 0) is 24.6 Å². The second kappa shape index (κ2) is 9.75. The molecule has 0 aliphatic heterocycles. The van der Waals surface area contributed by atoms with Crippen molar-refractivity contribution in [3.05, 3.63) is 28.2 Å². The van der Waals surface area contributed by atoms with Gasteiger partial charge in [0.05, 0.1) is 11.6 Å². The topological polar surface area (TPSA) is 123 Å². The summed E-state index contributed by atoms with van der Waals surface area (Å²) in [5.74, 6) is -0.521. The highest BCUT2D eigenvalue weighted by molar-refractivity contribution is 6.35. The summed E-state index contributed by atoms with van der Waals surface area (Å²) in [7, 11) is 0. The van der Waals surface area contributed by atoms with Crippen LogP contribution in [-0.2, 0) is 9.59 Å². The van der Waals surface area contributed by atoms with Crippen LogP contribution in [0.2, 0.25) is 10.0 Å². The van der Waals surface area contributed by atoms with Gasteiger partial charge in [0.25, 0.3) is 5.91 Å². The molecule has 0 aliphatic carbocycles. The van der Waals surface area contributed by atoms with Crippen molar-refractivity contribution in [2.75, 3.05) is 13.2 Å². The lowest BCUT2D eigenvalue weighted by atomic mass is 10.3. The van der Waals surface area contributed by atoms with Gasteiger partial charge in [0, 0.05) is 11.4 Å². The number of benzene rings is 1. The molecule has 8 nitrogen and oxygen atoms in total. The van der Waals surface area contributed by atoms with Gasteiger partial charge in [-0.1, -0.05) is 23.2 Å². The minimum Gasteiger partial charge on any atom is -0.492 e. The molecule has 0 saturated heterocycles. The minimum atomic E-state index is -0.829. The van der Waals surface area contributed by atoms with E-state index in [1.54, 1.807) is 18.2 Å². The van der Waals surface area contributed by atoms with Crippen molar-refractivity contribution in [2.24, 2.45) is 5.73 Å². The number of nitrogens with one attached hydrogen (secondary N) is 3. The van der Waals surface area contributed by atoms with Crippen molar-refractivity contribution in [3.8, 4) is 5.75 Å². The summed E-state index contributed by atoms with van der Waals surface area (Å²) in [6.07, 6.45) is 0.551. The highest BCUT2D eigenvalue weighted by atomic mass is 35.5. The number of carbonyl (C=O) groups is 3. The number of amides is 4. The molecule has 10 heteroatoms. The maximum Gasteiger partial charge on any atom is 0.312 e. The fourth-order valence-corrected chi connectivity index (χ4v) is 1.88. The second-order valence-corrected chi connectivity index (χ2v) is 5.18. The Hall–Kier alpha value is -2.19. The lowest BCUT2D eigenvalue weighted by Crippen LogP contribution is -2.47. The van der Waals surface area contributed by atoms with E-state index < -0.39 is 17.8 Å². The third kappa shape index (κ3) is 8.12. The molecule has 1 rings (SSSR count). The zero-order valence-electron chi connectivity index (χ0n) is 12.0. The number of hydrazine groups is 1. The van der Waals surface area contributed by atoms with E-state index in [1.807, 2.05) is 0 Å². The van der Waals surface area contributed by atoms with E-state index >= 15 is 0 Å². The Balaban J connectivity index is 2.16. The van der Waals surface area contributed by atoms with Gasteiger partial charge in [0.15, 0.2) is 0 Å². The number of primary amides is 1. The number of nitrogens with two attached hydrogens (primary N) is 1. The van der Waals surface area contributed by atoms with Crippen LogP contribution in [0.25, 0.3) is 0 Å². The molecule has 0 saturated carbocycles.